The zero-order chi connectivity index (χ0) is 13.9. The Morgan fingerprint density at radius 1 is 1.11 bits per heavy atom. The summed E-state index contributed by atoms with van der Waals surface area (Å²) in [6.07, 6.45) is 0.101. The van der Waals surface area contributed by atoms with Crippen LogP contribution in [0.5, 0.6) is 5.88 Å². The Morgan fingerprint density at radius 2 is 1.72 bits per heavy atom. The summed E-state index contributed by atoms with van der Waals surface area (Å²) in [5, 5.41) is 0. The summed E-state index contributed by atoms with van der Waals surface area (Å²) in [5.74, 6) is 8.12. The van der Waals surface area contributed by atoms with E-state index in [1.165, 1.54) is 0 Å². The molecule has 1 atom stereocenters. The molecule has 0 saturated carbocycles. The first kappa shape index (κ1) is 14.7. The van der Waals surface area contributed by atoms with Gasteiger partial charge < -0.3 is 10.2 Å². The van der Waals surface area contributed by atoms with Crippen molar-refractivity contribution in [2.45, 2.75) is 53.6 Å². The van der Waals surface area contributed by atoms with Crippen LogP contribution in [0, 0.1) is 12.8 Å². The predicted octanol–water partition coefficient (Wildman–Crippen LogP) is 2.62. The van der Waals surface area contributed by atoms with Crippen molar-refractivity contribution in [2.75, 3.05) is 5.43 Å². The Labute approximate surface area is 109 Å². The van der Waals surface area contributed by atoms with E-state index in [4.69, 9.17) is 10.6 Å². The zero-order valence-corrected chi connectivity index (χ0v) is 12.1. The number of ether oxygens (including phenoxy) is 1. The molecular formula is C13H24N4O. The Bertz CT molecular complexity index is 404. The molecule has 0 aromatic carbocycles. The maximum Gasteiger partial charge on any atom is 0.222 e. The minimum Gasteiger partial charge on any atom is -0.474 e. The lowest BCUT2D eigenvalue weighted by atomic mass is 10.1. The molecule has 3 N–H and O–H groups in total. The largest absolute Gasteiger partial charge is 0.474 e. The van der Waals surface area contributed by atoms with E-state index < -0.39 is 0 Å². The molecule has 0 saturated heterocycles. The van der Waals surface area contributed by atoms with Crippen LogP contribution >= 0.6 is 0 Å². The summed E-state index contributed by atoms with van der Waals surface area (Å²) in [5.41, 5.74) is 3.44. The van der Waals surface area contributed by atoms with Crippen molar-refractivity contribution in [3.05, 3.63) is 11.4 Å². The second-order valence-electron chi connectivity index (χ2n) is 5.23. The molecule has 0 spiro atoms. The van der Waals surface area contributed by atoms with Gasteiger partial charge in [0, 0.05) is 5.92 Å². The van der Waals surface area contributed by atoms with Gasteiger partial charge in [-0.3, -0.25) is 0 Å². The number of hydrogen-bond acceptors (Lipinski definition) is 5. The van der Waals surface area contributed by atoms with Gasteiger partial charge in [0.1, 0.15) is 11.6 Å². The molecule has 1 aromatic heterocycles. The molecule has 1 rings (SSSR count). The molecule has 1 unspecified atom stereocenters. The molecule has 0 aliphatic carbocycles. The molecule has 0 amide bonds. The third-order valence-corrected chi connectivity index (χ3v) is 3.01. The number of rotatable bonds is 5. The van der Waals surface area contributed by atoms with Crippen LogP contribution in [-0.4, -0.2) is 16.1 Å². The van der Waals surface area contributed by atoms with Gasteiger partial charge in [-0.25, -0.2) is 10.8 Å². The van der Waals surface area contributed by atoms with E-state index in [0.29, 0.717) is 17.6 Å². The van der Waals surface area contributed by atoms with E-state index in [2.05, 4.69) is 29.2 Å². The van der Waals surface area contributed by atoms with Gasteiger partial charge in [0.2, 0.25) is 5.88 Å². The van der Waals surface area contributed by atoms with Gasteiger partial charge in [-0.05, 0) is 19.8 Å². The third-order valence-electron chi connectivity index (χ3n) is 3.01. The Kier molecular flexibility index (Phi) is 4.90. The highest BCUT2D eigenvalue weighted by molar-refractivity contribution is 5.47. The lowest BCUT2D eigenvalue weighted by Crippen LogP contribution is -2.21. The predicted molar refractivity (Wildman–Crippen MR) is 73.6 cm³/mol. The lowest BCUT2D eigenvalue weighted by Gasteiger charge is -2.20. The SMILES string of the molecule is Cc1c(NN)nc(C(C)C)nc1OC(C)C(C)C. The minimum absolute atomic E-state index is 0.101. The molecule has 1 aromatic rings. The summed E-state index contributed by atoms with van der Waals surface area (Å²) >= 11 is 0. The molecule has 102 valence electrons. The van der Waals surface area contributed by atoms with E-state index >= 15 is 0 Å². The standard InChI is InChI=1S/C13H24N4O/c1-7(2)10(6)18-13-9(5)12(17-14)15-11(16-13)8(3)4/h7-8,10H,14H2,1-6H3,(H,15,16,17). The Hall–Kier alpha value is -1.36. The summed E-state index contributed by atoms with van der Waals surface area (Å²) in [4.78, 5) is 8.85. The molecule has 5 heteroatoms. The van der Waals surface area contributed by atoms with E-state index in [9.17, 15) is 0 Å². The molecular weight excluding hydrogens is 228 g/mol. The van der Waals surface area contributed by atoms with E-state index in [-0.39, 0.29) is 12.0 Å². The minimum atomic E-state index is 0.101. The topological polar surface area (TPSA) is 73.1 Å². The molecule has 18 heavy (non-hydrogen) atoms. The van der Waals surface area contributed by atoms with Crippen LogP contribution < -0.4 is 16.0 Å². The van der Waals surface area contributed by atoms with E-state index in [0.717, 1.165) is 11.4 Å². The molecule has 5 nitrogen and oxygen atoms in total. The second kappa shape index (κ2) is 6.00. The molecule has 0 bridgehead atoms. The van der Waals surface area contributed by atoms with Gasteiger partial charge in [0.25, 0.3) is 0 Å². The van der Waals surface area contributed by atoms with Crippen LogP contribution in [0.4, 0.5) is 5.82 Å². The molecule has 1 heterocycles. The maximum absolute atomic E-state index is 5.89. The number of hydrazine groups is 1. The van der Waals surface area contributed by atoms with Gasteiger partial charge in [-0.2, -0.15) is 4.98 Å². The lowest BCUT2D eigenvalue weighted by molar-refractivity contribution is 0.161. The van der Waals surface area contributed by atoms with E-state index in [1.54, 1.807) is 0 Å². The van der Waals surface area contributed by atoms with Crippen molar-refractivity contribution in [2.24, 2.45) is 11.8 Å². The molecule has 0 fully saturated rings. The van der Waals surface area contributed by atoms with Crippen molar-refractivity contribution in [1.29, 1.82) is 0 Å². The first-order valence-corrected chi connectivity index (χ1v) is 6.38. The smallest absolute Gasteiger partial charge is 0.222 e. The first-order valence-electron chi connectivity index (χ1n) is 6.38. The summed E-state index contributed by atoms with van der Waals surface area (Å²) in [6, 6.07) is 0. The van der Waals surface area contributed by atoms with Crippen LogP contribution in [0.3, 0.4) is 0 Å². The number of nitrogens with one attached hydrogen (secondary N) is 1. The van der Waals surface area contributed by atoms with Crippen LogP contribution in [0.1, 0.15) is 51.9 Å². The van der Waals surface area contributed by atoms with Crippen LogP contribution in [-0.2, 0) is 0 Å². The fourth-order valence-electron chi connectivity index (χ4n) is 1.34. The quantitative estimate of drug-likeness (QED) is 0.622. The first-order chi connectivity index (χ1) is 8.36. The number of aromatic nitrogens is 2. The number of nitrogens with two attached hydrogens (primary N) is 1. The number of hydrogen-bond donors (Lipinski definition) is 2. The fraction of sp³-hybridized carbons (Fsp3) is 0.692. The second-order valence-corrected chi connectivity index (χ2v) is 5.23. The molecule has 0 aliphatic heterocycles. The maximum atomic E-state index is 5.89. The van der Waals surface area contributed by atoms with Gasteiger partial charge in [0.05, 0.1) is 11.7 Å². The molecule has 0 aliphatic rings. The highest BCUT2D eigenvalue weighted by Gasteiger charge is 2.17. The van der Waals surface area contributed by atoms with Crippen molar-refractivity contribution in [3.8, 4) is 5.88 Å². The van der Waals surface area contributed by atoms with E-state index in [1.807, 2.05) is 27.7 Å². The fourth-order valence-corrected chi connectivity index (χ4v) is 1.34. The highest BCUT2D eigenvalue weighted by Crippen LogP contribution is 2.25. The van der Waals surface area contributed by atoms with Crippen molar-refractivity contribution in [1.82, 2.24) is 9.97 Å². The monoisotopic (exact) mass is 252 g/mol. The van der Waals surface area contributed by atoms with Gasteiger partial charge >= 0.3 is 0 Å². The summed E-state index contributed by atoms with van der Waals surface area (Å²) in [6.45, 7) is 12.3. The normalized spacial score (nSPS) is 12.9. The Balaban J connectivity index is 3.12. The highest BCUT2D eigenvalue weighted by atomic mass is 16.5. The average molecular weight is 252 g/mol. The van der Waals surface area contributed by atoms with Crippen LogP contribution in [0.15, 0.2) is 0 Å². The molecule has 0 radical (unpaired) electrons. The van der Waals surface area contributed by atoms with Crippen LogP contribution in [0.2, 0.25) is 0 Å². The van der Waals surface area contributed by atoms with Crippen LogP contribution in [0.25, 0.3) is 0 Å². The average Bonchev–Trinajstić information content (AvgIpc) is 2.31. The van der Waals surface area contributed by atoms with Crippen molar-refractivity contribution < 1.29 is 4.74 Å². The summed E-state index contributed by atoms with van der Waals surface area (Å²) in [7, 11) is 0. The van der Waals surface area contributed by atoms with Gasteiger partial charge in [-0.15, -0.1) is 0 Å². The van der Waals surface area contributed by atoms with Gasteiger partial charge in [-0.1, -0.05) is 27.7 Å². The van der Waals surface area contributed by atoms with Crippen molar-refractivity contribution >= 4 is 5.82 Å². The van der Waals surface area contributed by atoms with Crippen molar-refractivity contribution in [3.63, 3.8) is 0 Å². The number of nitrogens with zero attached hydrogens (tertiary/aromatic N) is 2. The zero-order valence-electron chi connectivity index (χ0n) is 12.1. The van der Waals surface area contributed by atoms with Gasteiger partial charge in [0.15, 0.2) is 0 Å². The Morgan fingerprint density at radius 3 is 2.17 bits per heavy atom. The number of anilines is 1. The summed E-state index contributed by atoms with van der Waals surface area (Å²) < 4.78 is 5.89. The number of nitrogen functional groups attached to an aromatic ring is 1. The third kappa shape index (κ3) is 3.32.